The summed E-state index contributed by atoms with van der Waals surface area (Å²) in [6.07, 6.45) is 7.07. The molecule has 0 unspecified atom stereocenters. The normalized spacial score (nSPS) is 10.7. The highest BCUT2D eigenvalue weighted by Crippen LogP contribution is 2.19. The van der Waals surface area contributed by atoms with E-state index in [0.29, 0.717) is 11.3 Å². The summed E-state index contributed by atoms with van der Waals surface area (Å²) in [6.45, 7) is 0. The topological polar surface area (TPSA) is 100 Å². The van der Waals surface area contributed by atoms with Gasteiger partial charge in [-0.25, -0.2) is 9.36 Å². The Morgan fingerprint density at radius 2 is 2.00 bits per heavy atom. The van der Waals surface area contributed by atoms with Gasteiger partial charge in [0, 0.05) is 12.4 Å². The molecular weight excluding hydrogens is 290 g/mol. The molecule has 0 aliphatic rings. The Hall–Kier alpha value is -3.59. The molecule has 0 saturated heterocycles. The Kier molecular flexibility index (Phi) is 3.77. The smallest absolute Gasteiger partial charge is 0.355 e. The molecule has 0 atom stereocenters. The van der Waals surface area contributed by atoms with Gasteiger partial charge in [-0.2, -0.15) is 10.2 Å². The van der Waals surface area contributed by atoms with Crippen LogP contribution in [0.25, 0.3) is 17.8 Å². The summed E-state index contributed by atoms with van der Waals surface area (Å²) in [5, 5.41) is 9.23. The number of benzene rings is 1. The van der Waals surface area contributed by atoms with Crippen LogP contribution in [0.4, 0.5) is 5.82 Å². The Bertz CT molecular complexity index is 947. The van der Waals surface area contributed by atoms with Crippen LogP contribution in [0.15, 0.2) is 53.6 Å². The average Bonchev–Trinajstić information content (AvgIpc) is 3.08. The van der Waals surface area contributed by atoms with E-state index in [1.165, 1.54) is 4.57 Å². The first-order valence-corrected chi connectivity index (χ1v) is 6.89. The van der Waals surface area contributed by atoms with Gasteiger partial charge in [0.25, 0.3) is 0 Å². The number of nitrogens with two attached hydrogens (primary N) is 1. The van der Waals surface area contributed by atoms with E-state index in [-0.39, 0.29) is 11.5 Å². The predicted molar refractivity (Wildman–Crippen MR) is 88.7 cm³/mol. The fourth-order valence-electron chi connectivity index (χ4n) is 2.25. The number of rotatable bonds is 3. The molecule has 1 aromatic carbocycles. The predicted octanol–water partition coefficient (Wildman–Crippen LogP) is 2.18. The van der Waals surface area contributed by atoms with E-state index in [4.69, 9.17) is 5.73 Å². The third-order valence-electron chi connectivity index (χ3n) is 3.36. The summed E-state index contributed by atoms with van der Waals surface area (Å²) >= 11 is 0. The van der Waals surface area contributed by atoms with E-state index < -0.39 is 5.69 Å². The molecule has 6 heteroatoms. The first-order valence-electron chi connectivity index (χ1n) is 6.89. The van der Waals surface area contributed by atoms with Crippen LogP contribution in [-0.4, -0.2) is 14.5 Å². The highest BCUT2D eigenvalue weighted by Gasteiger charge is 2.14. The van der Waals surface area contributed by atoms with Crippen molar-refractivity contribution >= 4 is 18.0 Å². The van der Waals surface area contributed by atoms with E-state index in [1.54, 1.807) is 48.8 Å². The maximum atomic E-state index is 12.2. The molecular formula is C17H13N5O. The van der Waals surface area contributed by atoms with Gasteiger partial charge in [-0.1, -0.05) is 24.3 Å². The molecule has 0 fully saturated rings. The second-order valence-electron chi connectivity index (χ2n) is 4.80. The number of anilines is 1. The van der Waals surface area contributed by atoms with E-state index in [9.17, 15) is 10.1 Å². The summed E-state index contributed by atoms with van der Waals surface area (Å²) in [5.41, 5.74) is 7.51. The number of nitriles is 1. The van der Waals surface area contributed by atoms with Gasteiger partial charge in [0.2, 0.25) is 0 Å². The van der Waals surface area contributed by atoms with Gasteiger partial charge in [0.1, 0.15) is 11.9 Å². The molecule has 23 heavy (non-hydrogen) atoms. The van der Waals surface area contributed by atoms with Gasteiger partial charge in [-0.3, -0.25) is 0 Å². The number of para-hydroxylation sites is 1. The number of nitrogens with zero attached hydrogens (tertiary/aromatic N) is 3. The third-order valence-corrected chi connectivity index (χ3v) is 3.36. The maximum absolute atomic E-state index is 12.2. The molecule has 0 bridgehead atoms. The monoisotopic (exact) mass is 303 g/mol. The van der Waals surface area contributed by atoms with Crippen molar-refractivity contribution in [1.29, 1.82) is 5.26 Å². The first kappa shape index (κ1) is 14.4. The van der Waals surface area contributed by atoms with Gasteiger partial charge in [-0.15, -0.1) is 0 Å². The SMILES string of the molecule is N#Cc1nc(=O)n(-c2ccccc2)c(N)c1/C=C/c1cc[nH]c1. The minimum absolute atomic E-state index is 0.00599. The van der Waals surface area contributed by atoms with Crippen molar-refractivity contribution in [1.82, 2.24) is 14.5 Å². The van der Waals surface area contributed by atoms with Crippen molar-refractivity contribution in [3.05, 3.63) is 76.1 Å². The standard InChI is InChI=1S/C17H13N5O/c18-10-15-14(7-6-12-8-9-20-11-12)16(19)22(17(23)21-15)13-4-2-1-3-5-13/h1-9,11,20H,19H2/b7-6+. The zero-order valence-electron chi connectivity index (χ0n) is 12.1. The molecule has 0 saturated carbocycles. The summed E-state index contributed by atoms with van der Waals surface area (Å²) in [4.78, 5) is 19.0. The maximum Gasteiger partial charge on any atom is 0.355 e. The van der Waals surface area contributed by atoms with Crippen molar-refractivity contribution in [2.45, 2.75) is 0 Å². The van der Waals surface area contributed by atoms with Crippen LogP contribution in [0.5, 0.6) is 0 Å². The van der Waals surface area contributed by atoms with Crippen molar-refractivity contribution < 1.29 is 0 Å². The lowest BCUT2D eigenvalue weighted by atomic mass is 10.1. The fraction of sp³-hybridized carbons (Fsp3) is 0. The molecule has 2 heterocycles. The number of hydrogen-bond donors (Lipinski definition) is 2. The van der Waals surface area contributed by atoms with E-state index >= 15 is 0 Å². The largest absolute Gasteiger partial charge is 0.384 e. The van der Waals surface area contributed by atoms with Crippen molar-refractivity contribution in [3.8, 4) is 11.8 Å². The molecule has 0 radical (unpaired) electrons. The van der Waals surface area contributed by atoms with Crippen LogP contribution in [0.1, 0.15) is 16.8 Å². The molecule has 0 aliphatic carbocycles. The van der Waals surface area contributed by atoms with Crippen LogP contribution in [-0.2, 0) is 0 Å². The second-order valence-corrected chi connectivity index (χ2v) is 4.80. The number of hydrogen-bond acceptors (Lipinski definition) is 4. The van der Waals surface area contributed by atoms with Crippen LogP contribution < -0.4 is 11.4 Å². The molecule has 2 aromatic heterocycles. The fourth-order valence-corrected chi connectivity index (χ4v) is 2.25. The Balaban J connectivity index is 2.19. The van der Waals surface area contributed by atoms with Crippen LogP contribution in [0.3, 0.4) is 0 Å². The van der Waals surface area contributed by atoms with Gasteiger partial charge >= 0.3 is 5.69 Å². The summed E-state index contributed by atoms with van der Waals surface area (Å²) < 4.78 is 1.29. The van der Waals surface area contributed by atoms with E-state index in [0.717, 1.165) is 5.56 Å². The summed E-state index contributed by atoms with van der Waals surface area (Å²) in [5.74, 6) is 0.180. The molecule has 6 nitrogen and oxygen atoms in total. The minimum atomic E-state index is -0.580. The van der Waals surface area contributed by atoms with Gasteiger partial charge in [0.15, 0.2) is 5.69 Å². The third kappa shape index (κ3) is 2.76. The Morgan fingerprint density at radius 1 is 1.22 bits per heavy atom. The highest BCUT2D eigenvalue weighted by molar-refractivity contribution is 5.77. The average molecular weight is 303 g/mol. The molecule has 3 N–H and O–H groups in total. The van der Waals surface area contributed by atoms with Gasteiger partial charge in [-0.05, 0) is 29.8 Å². The lowest BCUT2D eigenvalue weighted by molar-refractivity contribution is 0.915. The van der Waals surface area contributed by atoms with E-state index in [2.05, 4.69) is 9.97 Å². The molecule has 3 aromatic rings. The number of aromatic amines is 1. The lowest BCUT2D eigenvalue weighted by Gasteiger charge is -2.11. The number of aromatic nitrogens is 3. The van der Waals surface area contributed by atoms with Gasteiger partial charge in [0.05, 0.1) is 11.3 Å². The van der Waals surface area contributed by atoms with Crippen molar-refractivity contribution in [2.75, 3.05) is 5.73 Å². The van der Waals surface area contributed by atoms with E-state index in [1.807, 2.05) is 18.2 Å². The zero-order valence-corrected chi connectivity index (χ0v) is 12.1. The van der Waals surface area contributed by atoms with Crippen LogP contribution in [0.2, 0.25) is 0 Å². The minimum Gasteiger partial charge on any atom is -0.384 e. The van der Waals surface area contributed by atoms with Crippen molar-refractivity contribution in [3.63, 3.8) is 0 Å². The molecule has 112 valence electrons. The number of H-pyrrole nitrogens is 1. The number of nitrogen functional groups attached to an aromatic ring is 1. The van der Waals surface area contributed by atoms with Gasteiger partial charge < -0.3 is 10.7 Å². The molecule has 0 amide bonds. The highest BCUT2D eigenvalue weighted by atomic mass is 16.1. The van der Waals surface area contributed by atoms with Crippen molar-refractivity contribution in [2.24, 2.45) is 0 Å². The second kappa shape index (κ2) is 6.03. The summed E-state index contributed by atoms with van der Waals surface area (Å²) in [7, 11) is 0. The van der Waals surface area contributed by atoms with Crippen LogP contribution >= 0.6 is 0 Å². The number of nitrogens with one attached hydrogen (secondary N) is 1. The molecule has 0 aliphatic heterocycles. The molecule has 0 spiro atoms. The van der Waals surface area contributed by atoms with Crippen LogP contribution in [0, 0.1) is 11.3 Å². The first-order chi connectivity index (χ1) is 11.2. The Morgan fingerprint density at radius 3 is 2.65 bits per heavy atom. The Labute approximate surface area is 132 Å². The lowest BCUT2D eigenvalue weighted by Crippen LogP contribution is -2.26. The quantitative estimate of drug-likeness (QED) is 0.774. The zero-order chi connectivity index (χ0) is 16.2. The summed E-state index contributed by atoms with van der Waals surface area (Å²) in [6, 6.07) is 12.7. The molecule has 3 rings (SSSR count).